The molecule has 0 aromatic heterocycles. The van der Waals surface area contributed by atoms with Crippen molar-refractivity contribution in [2.75, 3.05) is 19.8 Å². The van der Waals surface area contributed by atoms with Crippen LogP contribution in [0.2, 0.25) is 0 Å². The lowest BCUT2D eigenvalue weighted by molar-refractivity contribution is -0.121. The number of carbonyl (C=O) groups excluding carboxylic acids is 1. The van der Waals surface area contributed by atoms with Crippen molar-refractivity contribution in [3.05, 3.63) is 12.2 Å². The average Bonchev–Trinajstić information content (AvgIpc) is 2.97. The molecule has 0 aliphatic rings. The Morgan fingerprint density at radius 1 is 0.475 bits per heavy atom. The van der Waals surface area contributed by atoms with Crippen LogP contribution < -0.4 is 5.32 Å². The highest BCUT2D eigenvalue weighted by Crippen LogP contribution is 2.13. The molecule has 0 rings (SSSR count). The second-order valence-corrected chi connectivity index (χ2v) is 11.7. The van der Waals surface area contributed by atoms with Crippen LogP contribution in [-0.2, 0) is 4.79 Å². The maximum absolute atomic E-state index is 12.0. The number of nitrogens with one attached hydrogen (secondary N) is 1. The number of aliphatic hydroxyl groups is 2. The Morgan fingerprint density at radius 3 is 1.18 bits per heavy atom. The monoisotopic (exact) mass is 568 g/mol. The van der Waals surface area contributed by atoms with Crippen LogP contribution in [0.3, 0.4) is 0 Å². The summed E-state index contributed by atoms with van der Waals surface area (Å²) < 4.78 is 0. The largest absolute Gasteiger partial charge is 0.394 e. The molecule has 0 aliphatic heterocycles. The zero-order chi connectivity index (χ0) is 29.6. The lowest BCUT2D eigenvalue weighted by atomic mass is 10.0. The molecule has 0 heterocycles. The predicted octanol–water partition coefficient (Wildman–Crippen LogP) is 10.6. The van der Waals surface area contributed by atoms with Gasteiger partial charge in [0.25, 0.3) is 0 Å². The summed E-state index contributed by atoms with van der Waals surface area (Å²) in [5, 5.41) is 18.4. The molecule has 0 saturated carbocycles. The first-order valence-electron chi connectivity index (χ1n) is 17.9. The highest BCUT2D eigenvalue weighted by molar-refractivity contribution is 5.75. The molecule has 3 N–H and O–H groups in total. The molecule has 1 amide bonds. The van der Waals surface area contributed by atoms with Crippen molar-refractivity contribution in [1.29, 1.82) is 0 Å². The van der Waals surface area contributed by atoms with E-state index in [9.17, 15) is 4.79 Å². The Kier molecular flexibility index (Phi) is 41.5. The Labute approximate surface area is 251 Å². The van der Waals surface area contributed by atoms with Gasteiger partial charge in [0, 0.05) is 13.0 Å². The van der Waals surface area contributed by atoms with Crippen molar-refractivity contribution in [3.63, 3.8) is 0 Å². The van der Waals surface area contributed by atoms with E-state index < -0.39 is 0 Å². The predicted molar refractivity (Wildman–Crippen MR) is 177 cm³/mol. The third-order valence-electron chi connectivity index (χ3n) is 7.62. The van der Waals surface area contributed by atoms with Crippen molar-refractivity contribution in [3.8, 4) is 0 Å². The first kappa shape index (κ1) is 41.3. The number of rotatable bonds is 31. The number of unbranched alkanes of at least 4 members (excludes halogenated alkanes) is 24. The summed E-state index contributed by atoms with van der Waals surface area (Å²) >= 11 is 0. The maximum atomic E-state index is 12.0. The Bertz CT molecular complexity index is 479. The van der Waals surface area contributed by atoms with Gasteiger partial charge >= 0.3 is 0 Å². The van der Waals surface area contributed by atoms with Gasteiger partial charge in [-0.15, -0.1) is 0 Å². The number of hydrogen-bond donors (Lipinski definition) is 3. The summed E-state index contributed by atoms with van der Waals surface area (Å²) in [5.74, 6) is 0.269. The molecular weight excluding hydrogens is 494 g/mol. The van der Waals surface area contributed by atoms with E-state index in [0.717, 1.165) is 25.8 Å². The van der Waals surface area contributed by atoms with Gasteiger partial charge in [0.05, 0.1) is 13.2 Å². The van der Waals surface area contributed by atoms with E-state index in [1.807, 2.05) is 0 Å². The molecule has 0 aromatic rings. The summed E-state index contributed by atoms with van der Waals surface area (Å²) in [6.45, 7) is 5.19. The lowest BCUT2D eigenvalue weighted by Gasteiger charge is -2.06. The highest BCUT2D eigenvalue weighted by atomic mass is 16.3. The van der Waals surface area contributed by atoms with Gasteiger partial charge in [-0.2, -0.15) is 0 Å². The molecule has 0 atom stereocenters. The minimum Gasteiger partial charge on any atom is -0.394 e. The molecule has 0 aliphatic carbocycles. The van der Waals surface area contributed by atoms with Gasteiger partial charge in [-0.05, 0) is 38.5 Å². The Morgan fingerprint density at radius 2 is 0.800 bits per heavy atom. The SMILES string of the molecule is CCCCCCCC/C=C\CCCCCCCCNC(=O)CCCCCCCCCCCCCCC.OCCO. The zero-order valence-corrected chi connectivity index (χ0v) is 27.4. The van der Waals surface area contributed by atoms with Crippen molar-refractivity contribution >= 4 is 5.91 Å². The van der Waals surface area contributed by atoms with E-state index in [0.29, 0.717) is 0 Å². The lowest BCUT2D eigenvalue weighted by Crippen LogP contribution is -2.23. The van der Waals surface area contributed by atoms with Crippen LogP contribution in [0.15, 0.2) is 12.2 Å². The van der Waals surface area contributed by atoms with Gasteiger partial charge in [0.15, 0.2) is 0 Å². The highest BCUT2D eigenvalue weighted by Gasteiger charge is 2.01. The van der Waals surface area contributed by atoms with Crippen molar-refractivity contribution in [2.24, 2.45) is 0 Å². The van der Waals surface area contributed by atoms with Gasteiger partial charge in [-0.1, -0.05) is 161 Å². The van der Waals surface area contributed by atoms with Crippen LogP contribution in [0, 0.1) is 0 Å². The van der Waals surface area contributed by atoms with Gasteiger partial charge in [-0.3, -0.25) is 4.79 Å². The molecule has 0 bridgehead atoms. The first-order valence-corrected chi connectivity index (χ1v) is 17.9. The second-order valence-electron chi connectivity index (χ2n) is 11.7. The number of aliphatic hydroxyl groups excluding tert-OH is 2. The van der Waals surface area contributed by atoms with E-state index in [1.54, 1.807) is 0 Å². The standard InChI is InChI=1S/C34H67NO.C2H6O2/c1-3-5-7-9-11-13-15-17-18-19-21-23-25-27-29-31-33-35-34(36)32-30-28-26-24-22-20-16-14-12-10-8-6-4-2;3-1-2-4/h17-18H,3-16,19-33H2,1-2H3,(H,35,36);3-4H,1-2H2/b18-17-;. The second kappa shape index (κ2) is 40.3. The van der Waals surface area contributed by atoms with Gasteiger partial charge in [0.1, 0.15) is 0 Å². The van der Waals surface area contributed by atoms with Crippen molar-refractivity contribution in [2.45, 2.75) is 194 Å². The Hall–Kier alpha value is -0.870. The molecule has 40 heavy (non-hydrogen) atoms. The van der Waals surface area contributed by atoms with Gasteiger partial charge in [0.2, 0.25) is 5.91 Å². The Balaban J connectivity index is 0. The molecule has 4 nitrogen and oxygen atoms in total. The van der Waals surface area contributed by atoms with Crippen LogP contribution in [0.5, 0.6) is 0 Å². The van der Waals surface area contributed by atoms with Crippen molar-refractivity contribution < 1.29 is 15.0 Å². The minimum atomic E-state index is -0.125. The van der Waals surface area contributed by atoms with Crippen molar-refractivity contribution in [1.82, 2.24) is 5.32 Å². The molecule has 4 heteroatoms. The van der Waals surface area contributed by atoms with Gasteiger partial charge in [-0.25, -0.2) is 0 Å². The minimum absolute atomic E-state index is 0.125. The number of carbonyl (C=O) groups is 1. The van der Waals surface area contributed by atoms with Crippen LogP contribution in [0.4, 0.5) is 0 Å². The summed E-state index contributed by atoms with van der Waals surface area (Å²) in [6, 6.07) is 0. The smallest absolute Gasteiger partial charge is 0.219 e. The summed E-state index contributed by atoms with van der Waals surface area (Å²) in [7, 11) is 0. The summed E-state index contributed by atoms with van der Waals surface area (Å²) in [6.07, 6.45) is 41.8. The topological polar surface area (TPSA) is 69.6 Å². The van der Waals surface area contributed by atoms with E-state index in [-0.39, 0.29) is 19.1 Å². The first-order chi connectivity index (χ1) is 19.7. The average molecular weight is 568 g/mol. The van der Waals surface area contributed by atoms with Crippen LogP contribution in [0.25, 0.3) is 0 Å². The maximum Gasteiger partial charge on any atom is 0.219 e. The zero-order valence-electron chi connectivity index (χ0n) is 27.4. The molecule has 0 radical (unpaired) electrons. The fourth-order valence-corrected chi connectivity index (χ4v) is 4.99. The molecule has 0 fully saturated rings. The summed E-state index contributed by atoms with van der Waals surface area (Å²) in [4.78, 5) is 12.0. The fraction of sp³-hybridized carbons (Fsp3) is 0.917. The molecule has 0 aromatic carbocycles. The molecule has 240 valence electrons. The van der Waals surface area contributed by atoms with Crippen LogP contribution in [-0.4, -0.2) is 35.9 Å². The van der Waals surface area contributed by atoms with Crippen LogP contribution >= 0.6 is 0 Å². The third kappa shape index (κ3) is 41.6. The third-order valence-corrected chi connectivity index (χ3v) is 7.62. The molecular formula is C36H73NO3. The molecule has 0 saturated heterocycles. The summed E-state index contributed by atoms with van der Waals surface area (Å²) in [5.41, 5.74) is 0. The normalized spacial score (nSPS) is 11.1. The molecule has 0 spiro atoms. The van der Waals surface area contributed by atoms with Crippen LogP contribution in [0.1, 0.15) is 194 Å². The fourth-order valence-electron chi connectivity index (χ4n) is 4.99. The van der Waals surface area contributed by atoms with E-state index in [1.165, 1.54) is 161 Å². The molecule has 0 unspecified atom stereocenters. The van der Waals surface area contributed by atoms with E-state index in [4.69, 9.17) is 10.2 Å². The quantitative estimate of drug-likeness (QED) is 0.0576. The number of allylic oxidation sites excluding steroid dienone is 2. The number of amides is 1. The van der Waals surface area contributed by atoms with E-state index >= 15 is 0 Å². The van der Waals surface area contributed by atoms with E-state index in [2.05, 4.69) is 31.3 Å². The number of hydrogen-bond acceptors (Lipinski definition) is 3. The van der Waals surface area contributed by atoms with Gasteiger partial charge < -0.3 is 15.5 Å².